The van der Waals surface area contributed by atoms with Crippen molar-refractivity contribution in [1.82, 2.24) is 5.32 Å². The standard InChI is InChI=1S/C22H28O.C6H9N.C2H6/c1-4-5-15-6-7-17-16(14(15)2)8-9-19-18(17)12-13-22(3)20(19)10-11-21(22)23;1-6-2-4-7-5-3-6;1-2/h6-7,18-21,23H,8-13H2,1-3H3;2-4,7H,5H2,1H3;1-2H3/t18?,19?,20?,21-,22-;;/m0../s1. The van der Waals surface area contributed by atoms with Gasteiger partial charge in [-0.3, -0.25) is 0 Å². The second kappa shape index (κ2) is 10.8. The lowest BCUT2D eigenvalue weighted by Crippen LogP contribution is -2.44. The number of hydrogen-bond acceptors (Lipinski definition) is 2. The predicted molar refractivity (Wildman–Crippen MR) is 137 cm³/mol. The molecule has 1 aromatic carbocycles. The number of nitrogens with one attached hydrogen (secondary N) is 1. The summed E-state index contributed by atoms with van der Waals surface area (Å²) in [6, 6.07) is 4.61. The average Bonchev–Trinajstić information content (AvgIpc) is 3.12. The Hall–Kier alpha value is -1.98. The molecule has 2 saturated carbocycles. The van der Waals surface area contributed by atoms with Gasteiger partial charge in [0, 0.05) is 12.1 Å². The topological polar surface area (TPSA) is 32.3 Å². The molecule has 2 N–H and O–H groups in total. The summed E-state index contributed by atoms with van der Waals surface area (Å²) in [5, 5.41) is 13.6. The normalized spacial score (nSPS) is 31.5. The number of benzene rings is 1. The summed E-state index contributed by atoms with van der Waals surface area (Å²) in [4.78, 5) is 0. The molecule has 5 atom stereocenters. The maximum Gasteiger partial charge on any atom is 0.0596 e. The molecule has 2 fully saturated rings. The van der Waals surface area contributed by atoms with E-state index in [9.17, 15) is 5.11 Å². The van der Waals surface area contributed by atoms with Crippen molar-refractivity contribution >= 4 is 0 Å². The Morgan fingerprint density at radius 2 is 1.88 bits per heavy atom. The van der Waals surface area contributed by atoms with Crippen LogP contribution in [-0.2, 0) is 6.42 Å². The van der Waals surface area contributed by atoms with Crippen LogP contribution in [0.1, 0.15) is 94.9 Å². The molecular weight excluding hydrogens is 390 g/mol. The Morgan fingerprint density at radius 3 is 2.50 bits per heavy atom. The van der Waals surface area contributed by atoms with E-state index < -0.39 is 0 Å². The van der Waals surface area contributed by atoms with Crippen LogP contribution in [0.5, 0.6) is 0 Å². The lowest BCUT2D eigenvalue weighted by Gasteiger charge is -2.50. The first-order chi connectivity index (χ1) is 15.5. The van der Waals surface area contributed by atoms with Crippen molar-refractivity contribution in [2.45, 2.75) is 92.1 Å². The maximum atomic E-state index is 10.5. The number of aliphatic hydroxyl groups excluding tert-OH is 1. The largest absolute Gasteiger partial charge is 0.393 e. The van der Waals surface area contributed by atoms with Crippen LogP contribution in [0.3, 0.4) is 0 Å². The quantitative estimate of drug-likeness (QED) is 0.448. The molecule has 0 aromatic heterocycles. The number of hydrogen-bond donors (Lipinski definition) is 2. The Balaban J connectivity index is 0.000000272. The molecule has 0 radical (unpaired) electrons. The Bertz CT molecular complexity index is 915. The molecule has 2 heteroatoms. The lowest BCUT2D eigenvalue weighted by atomic mass is 9.55. The van der Waals surface area contributed by atoms with Gasteiger partial charge in [-0.05, 0) is 117 Å². The third-order valence-corrected chi connectivity index (χ3v) is 8.41. The van der Waals surface area contributed by atoms with Crippen molar-refractivity contribution in [2.24, 2.45) is 17.3 Å². The predicted octanol–water partition coefficient (Wildman–Crippen LogP) is 6.66. The van der Waals surface area contributed by atoms with Crippen molar-refractivity contribution in [3.05, 3.63) is 58.3 Å². The van der Waals surface area contributed by atoms with E-state index in [4.69, 9.17) is 0 Å². The van der Waals surface area contributed by atoms with Crippen LogP contribution >= 0.6 is 0 Å². The summed E-state index contributed by atoms with van der Waals surface area (Å²) in [5.41, 5.74) is 7.33. The van der Waals surface area contributed by atoms with E-state index >= 15 is 0 Å². The number of aliphatic hydroxyl groups is 1. The highest BCUT2D eigenvalue weighted by Gasteiger charge is 2.54. The highest BCUT2D eigenvalue weighted by molar-refractivity contribution is 5.50. The SMILES string of the molecule is CC.CC#Cc1ccc2c(c1C)CCC1C2CC[C@@]2(C)C1CC[C@@H]2O.CC1=CCNC=C1. The Labute approximate surface area is 196 Å². The molecule has 1 aliphatic heterocycles. The highest BCUT2D eigenvalue weighted by atomic mass is 16.3. The molecule has 0 bridgehead atoms. The fourth-order valence-electron chi connectivity index (χ4n) is 6.63. The third-order valence-electron chi connectivity index (χ3n) is 8.41. The number of dihydropyridines is 1. The van der Waals surface area contributed by atoms with Gasteiger partial charge >= 0.3 is 0 Å². The second-order valence-corrected chi connectivity index (χ2v) is 9.92. The zero-order chi connectivity index (χ0) is 23.3. The summed E-state index contributed by atoms with van der Waals surface area (Å²) in [5.74, 6) is 8.53. The summed E-state index contributed by atoms with van der Waals surface area (Å²) >= 11 is 0. The minimum absolute atomic E-state index is 0.0706. The third kappa shape index (κ3) is 4.69. The van der Waals surface area contributed by atoms with Crippen molar-refractivity contribution in [2.75, 3.05) is 6.54 Å². The fraction of sp³-hybridized carbons (Fsp3) is 0.600. The van der Waals surface area contributed by atoms with Crippen molar-refractivity contribution in [3.8, 4) is 11.8 Å². The van der Waals surface area contributed by atoms with Gasteiger partial charge in [0.15, 0.2) is 0 Å². The number of rotatable bonds is 0. The molecule has 3 aliphatic carbocycles. The zero-order valence-electron chi connectivity index (χ0n) is 21.1. The Morgan fingerprint density at radius 1 is 1.09 bits per heavy atom. The second-order valence-electron chi connectivity index (χ2n) is 9.92. The molecule has 4 aliphatic rings. The van der Waals surface area contributed by atoms with E-state index in [1.165, 1.54) is 48.8 Å². The molecule has 32 heavy (non-hydrogen) atoms. The van der Waals surface area contributed by atoms with Gasteiger partial charge in [0.05, 0.1) is 6.10 Å². The molecule has 3 unspecified atom stereocenters. The molecule has 1 aromatic rings. The lowest BCUT2D eigenvalue weighted by molar-refractivity contribution is -0.0226. The minimum Gasteiger partial charge on any atom is -0.393 e. The van der Waals surface area contributed by atoms with Crippen LogP contribution in [0.4, 0.5) is 0 Å². The first-order valence-electron chi connectivity index (χ1n) is 12.8. The van der Waals surface area contributed by atoms with Gasteiger partial charge in [-0.25, -0.2) is 0 Å². The molecule has 174 valence electrons. The van der Waals surface area contributed by atoms with Crippen molar-refractivity contribution in [3.63, 3.8) is 0 Å². The minimum atomic E-state index is -0.0706. The van der Waals surface area contributed by atoms with Gasteiger partial charge in [0.2, 0.25) is 0 Å². The zero-order valence-corrected chi connectivity index (χ0v) is 21.1. The molecule has 5 rings (SSSR count). The summed E-state index contributed by atoms with van der Waals surface area (Å²) in [6.07, 6.45) is 13.3. The van der Waals surface area contributed by atoms with Crippen LogP contribution in [0.15, 0.2) is 36.1 Å². The monoisotopic (exact) mass is 433 g/mol. The number of fused-ring (bicyclic) bond motifs is 5. The van der Waals surface area contributed by atoms with E-state index in [2.05, 4.69) is 62.2 Å². The van der Waals surface area contributed by atoms with Crippen LogP contribution in [-0.4, -0.2) is 17.8 Å². The fourth-order valence-corrected chi connectivity index (χ4v) is 6.63. The number of allylic oxidation sites excluding steroid dienone is 2. The molecule has 0 saturated heterocycles. The maximum absolute atomic E-state index is 10.5. The van der Waals surface area contributed by atoms with Crippen LogP contribution in [0.2, 0.25) is 0 Å². The molecule has 0 amide bonds. The molecule has 0 spiro atoms. The summed E-state index contributed by atoms with van der Waals surface area (Å²) in [7, 11) is 0. The van der Waals surface area contributed by atoms with E-state index in [1.54, 1.807) is 11.1 Å². The van der Waals surface area contributed by atoms with Gasteiger partial charge in [-0.15, -0.1) is 5.92 Å². The average molecular weight is 434 g/mol. The molecular formula is C30H43NO. The van der Waals surface area contributed by atoms with Gasteiger partial charge < -0.3 is 10.4 Å². The summed E-state index contributed by atoms with van der Waals surface area (Å²) < 4.78 is 0. The smallest absolute Gasteiger partial charge is 0.0596 e. The van der Waals surface area contributed by atoms with Gasteiger partial charge in [-0.2, -0.15) is 0 Å². The first kappa shape index (κ1) is 24.7. The Kier molecular flexibility index (Phi) is 8.29. The van der Waals surface area contributed by atoms with Crippen LogP contribution in [0, 0.1) is 36.0 Å². The van der Waals surface area contributed by atoms with Crippen molar-refractivity contribution in [1.29, 1.82) is 0 Å². The first-order valence-corrected chi connectivity index (χ1v) is 12.8. The highest BCUT2D eigenvalue weighted by Crippen LogP contribution is 2.61. The van der Waals surface area contributed by atoms with Gasteiger partial charge in [0.1, 0.15) is 0 Å². The van der Waals surface area contributed by atoms with Crippen molar-refractivity contribution < 1.29 is 5.11 Å². The molecule has 2 nitrogen and oxygen atoms in total. The van der Waals surface area contributed by atoms with E-state index in [1.807, 2.05) is 27.0 Å². The summed E-state index contributed by atoms with van der Waals surface area (Å²) in [6.45, 7) is 13.6. The molecule has 1 heterocycles. The van der Waals surface area contributed by atoms with Crippen LogP contribution < -0.4 is 5.32 Å². The van der Waals surface area contributed by atoms with Gasteiger partial charge in [0.25, 0.3) is 0 Å². The van der Waals surface area contributed by atoms with Crippen LogP contribution in [0.25, 0.3) is 0 Å². The van der Waals surface area contributed by atoms with Gasteiger partial charge in [-0.1, -0.05) is 44.4 Å². The van der Waals surface area contributed by atoms with E-state index in [0.717, 1.165) is 24.8 Å². The van der Waals surface area contributed by atoms with E-state index in [-0.39, 0.29) is 11.5 Å². The van der Waals surface area contributed by atoms with E-state index in [0.29, 0.717) is 5.92 Å².